The highest BCUT2D eigenvalue weighted by Crippen LogP contribution is 2.62. The molecule has 0 atom stereocenters. The lowest BCUT2D eigenvalue weighted by molar-refractivity contribution is 1.26. The fraction of sp³-hybridized carbons (Fsp3) is 0.500. The first-order chi connectivity index (χ1) is 6.54. The number of hydrogen-bond acceptors (Lipinski definition) is 0. The Morgan fingerprint density at radius 1 is 0.929 bits per heavy atom. The van der Waals surface area contributed by atoms with Crippen LogP contribution < -0.4 is 0 Å². The molecule has 0 aliphatic carbocycles. The van der Waals surface area contributed by atoms with Crippen molar-refractivity contribution in [2.75, 3.05) is 26.7 Å². The van der Waals surface area contributed by atoms with E-state index >= 15 is 0 Å². The molecule has 0 bridgehead atoms. The van der Waals surface area contributed by atoms with E-state index in [9.17, 15) is 0 Å². The van der Waals surface area contributed by atoms with E-state index in [1.165, 1.54) is 5.56 Å². The van der Waals surface area contributed by atoms with Gasteiger partial charge in [-0.2, -0.15) is 0 Å². The highest BCUT2D eigenvalue weighted by molar-refractivity contribution is 7.73. The molecule has 0 aliphatic heterocycles. The van der Waals surface area contributed by atoms with Crippen molar-refractivity contribution >= 4 is 15.8 Å². The van der Waals surface area contributed by atoms with E-state index in [4.69, 9.17) is 0 Å². The number of aryl methyl sites for hydroxylation is 1. The third kappa shape index (κ3) is 2.78. The summed E-state index contributed by atoms with van der Waals surface area (Å²) >= 11 is 0. The molecule has 0 spiro atoms. The molecule has 78 valence electrons. The van der Waals surface area contributed by atoms with Crippen LogP contribution in [0, 0.1) is 6.92 Å². The molecular formula is C12H20P2. The van der Waals surface area contributed by atoms with E-state index in [0.717, 1.165) is 5.40 Å². The molecule has 0 N–H and O–H groups in total. The maximum atomic E-state index is 2.40. The molecule has 0 aliphatic rings. The summed E-state index contributed by atoms with van der Waals surface area (Å²) in [6, 6.07) is 8.86. The molecule has 0 amide bonds. The van der Waals surface area contributed by atoms with Crippen molar-refractivity contribution in [3.05, 3.63) is 35.4 Å². The lowest BCUT2D eigenvalue weighted by Gasteiger charge is -2.27. The summed E-state index contributed by atoms with van der Waals surface area (Å²) in [4.78, 5) is 0. The van der Waals surface area contributed by atoms with Gasteiger partial charge in [0.05, 0.1) is 0 Å². The predicted octanol–water partition coefficient (Wildman–Crippen LogP) is 4.48. The minimum Gasteiger partial charge on any atom is -0.101 e. The monoisotopic (exact) mass is 226 g/mol. The van der Waals surface area contributed by atoms with Gasteiger partial charge in [-0.25, -0.2) is 0 Å². The van der Waals surface area contributed by atoms with Gasteiger partial charge in [-0.3, -0.25) is 0 Å². The van der Waals surface area contributed by atoms with E-state index in [-0.39, 0.29) is 15.8 Å². The SMILES string of the molecule is Cc1ccccc1C(P(C)C)P(C)C. The van der Waals surface area contributed by atoms with Crippen molar-refractivity contribution in [2.24, 2.45) is 0 Å². The quantitative estimate of drug-likeness (QED) is 0.667. The van der Waals surface area contributed by atoms with E-state index in [1.807, 2.05) is 0 Å². The molecule has 0 nitrogen and oxygen atoms in total. The molecule has 1 aromatic rings. The van der Waals surface area contributed by atoms with Crippen LogP contribution in [-0.2, 0) is 0 Å². The van der Waals surface area contributed by atoms with Gasteiger partial charge in [0.1, 0.15) is 0 Å². The van der Waals surface area contributed by atoms with Crippen LogP contribution in [-0.4, -0.2) is 26.7 Å². The van der Waals surface area contributed by atoms with Crippen LogP contribution in [0.4, 0.5) is 0 Å². The lowest BCUT2D eigenvalue weighted by atomic mass is 10.1. The Kier molecular flexibility index (Phi) is 4.55. The van der Waals surface area contributed by atoms with Gasteiger partial charge in [-0.1, -0.05) is 24.3 Å². The molecule has 14 heavy (non-hydrogen) atoms. The Morgan fingerprint density at radius 2 is 1.43 bits per heavy atom. The van der Waals surface area contributed by atoms with Crippen LogP contribution in [0.15, 0.2) is 24.3 Å². The molecule has 0 radical (unpaired) electrons. The molecule has 1 rings (SSSR count). The van der Waals surface area contributed by atoms with Crippen LogP contribution in [0.5, 0.6) is 0 Å². The smallest absolute Gasteiger partial charge is 0.0234 e. The van der Waals surface area contributed by atoms with Gasteiger partial charge in [0.2, 0.25) is 0 Å². The normalized spacial score (nSPS) is 11.7. The minimum absolute atomic E-state index is 0.133. The van der Waals surface area contributed by atoms with Gasteiger partial charge in [0, 0.05) is 5.40 Å². The molecule has 0 heterocycles. The van der Waals surface area contributed by atoms with E-state index < -0.39 is 0 Å². The van der Waals surface area contributed by atoms with Crippen molar-refractivity contribution in [2.45, 2.75) is 12.3 Å². The summed E-state index contributed by atoms with van der Waals surface area (Å²) in [5, 5.41) is 0.821. The van der Waals surface area contributed by atoms with Gasteiger partial charge >= 0.3 is 0 Å². The Bertz CT molecular complexity index is 284. The summed E-state index contributed by atoms with van der Waals surface area (Å²) in [6.45, 7) is 11.8. The summed E-state index contributed by atoms with van der Waals surface area (Å²) in [6.07, 6.45) is 0. The van der Waals surface area contributed by atoms with E-state index in [1.54, 1.807) is 5.56 Å². The first-order valence-electron chi connectivity index (χ1n) is 4.92. The first kappa shape index (κ1) is 12.2. The average molecular weight is 226 g/mol. The van der Waals surface area contributed by atoms with Gasteiger partial charge < -0.3 is 0 Å². The second-order valence-electron chi connectivity index (χ2n) is 4.16. The van der Waals surface area contributed by atoms with Crippen LogP contribution in [0.1, 0.15) is 16.5 Å². The lowest BCUT2D eigenvalue weighted by Crippen LogP contribution is -1.96. The van der Waals surface area contributed by atoms with Gasteiger partial charge in [-0.05, 0) is 44.7 Å². The van der Waals surface area contributed by atoms with Gasteiger partial charge in [0.25, 0.3) is 0 Å². The summed E-state index contributed by atoms with van der Waals surface area (Å²) in [7, 11) is 0.266. The van der Waals surface area contributed by atoms with Crippen molar-refractivity contribution in [3.63, 3.8) is 0 Å². The molecule has 1 aromatic carbocycles. The van der Waals surface area contributed by atoms with Crippen molar-refractivity contribution in [3.8, 4) is 0 Å². The van der Waals surface area contributed by atoms with Crippen molar-refractivity contribution in [1.82, 2.24) is 0 Å². The first-order valence-corrected chi connectivity index (χ1v) is 9.53. The number of benzene rings is 1. The van der Waals surface area contributed by atoms with Gasteiger partial charge in [-0.15, -0.1) is 15.8 Å². The van der Waals surface area contributed by atoms with Crippen LogP contribution in [0.25, 0.3) is 0 Å². The minimum atomic E-state index is 0.133. The van der Waals surface area contributed by atoms with Crippen LogP contribution >= 0.6 is 15.8 Å². The second kappa shape index (κ2) is 5.24. The average Bonchev–Trinajstić information content (AvgIpc) is 2.07. The topological polar surface area (TPSA) is 0 Å². The second-order valence-corrected chi connectivity index (χ2v) is 9.45. The summed E-state index contributed by atoms with van der Waals surface area (Å²) in [5.41, 5.74) is 3.05. The summed E-state index contributed by atoms with van der Waals surface area (Å²) < 4.78 is 0. The zero-order valence-corrected chi connectivity index (χ0v) is 11.6. The zero-order chi connectivity index (χ0) is 10.7. The predicted molar refractivity (Wildman–Crippen MR) is 71.5 cm³/mol. The Hall–Kier alpha value is 0.0800. The number of rotatable bonds is 3. The third-order valence-electron chi connectivity index (χ3n) is 2.44. The highest BCUT2D eigenvalue weighted by atomic mass is 31.2. The Labute approximate surface area is 90.6 Å². The fourth-order valence-corrected chi connectivity index (χ4v) is 7.28. The molecule has 0 aromatic heterocycles. The van der Waals surface area contributed by atoms with Crippen molar-refractivity contribution < 1.29 is 0 Å². The molecule has 2 heteroatoms. The largest absolute Gasteiger partial charge is 0.101 e. The summed E-state index contributed by atoms with van der Waals surface area (Å²) in [5.74, 6) is 0. The standard InChI is InChI=1S/C12H20P2/c1-10-8-6-7-9-11(10)12(13(2)3)14(4)5/h6-9,12H,1-5H3. The number of hydrogen-bond donors (Lipinski definition) is 0. The maximum Gasteiger partial charge on any atom is 0.0234 e. The molecule has 0 unspecified atom stereocenters. The maximum absolute atomic E-state index is 2.40. The Balaban J connectivity index is 3.05. The van der Waals surface area contributed by atoms with Crippen molar-refractivity contribution in [1.29, 1.82) is 0 Å². The zero-order valence-electron chi connectivity index (χ0n) is 9.78. The van der Waals surface area contributed by atoms with E-state index in [2.05, 4.69) is 57.8 Å². The van der Waals surface area contributed by atoms with E-state index in [0.29, 0.717) is 0 Å². The molecule has 0 saturated heterocycles. The van der Waals surface area contributed by atoms with Gasteiger partial charge in [0.15, 0.2) is 0 Å². The molecule has 0 fully saturated rings. The molecular weight excluding hydrogens is 206 g/mol. The third-order valence-corrected chi connectivity index (χ3v) is 7.73. The Morgan fingerprint density at radius 3 is 1.86 bits per heavy atom. The van der Waals surface area contributed by atoms with Crippen LogP contribution in [0.2, 0.25) is 0 Å². The van der Waals surface area contributed by atoms with Crippen LogP contribution in [0.3, 0.4) is 0 Å². The fourth-order valence-electron chi connectivity index (χ4n) is 1.89. The highest BCUT2D eigenvalue weighted by Gasteiger charge is 2.19. The molecule has 0 saturated carbocycles.